The van der Waals surface area contributed by atoms with Crippen LogP contribution in [0.5, 0.6) is 0 Å². The van der Waals surface area contributed by atoms with Gasteiger partial charge in [0.25, 0.3) is 0 Å². The van der Waals surface area contributed by atoms with Crippen molar-refractivity contribution in [1.29, 1.82) is 0 Å². The van der Waals surface area contributed by atoms with Crippen LogP contribution in [-0.2, 0) is 17.5 Å². The molecule has 0 saturated carbocycles. The Morgan fingerprint density at radius 3 is 2.38 bits per heavy atom. The number of nitrogens with one attached hydrogen (secondary N) is 2. The van der Waals surface area contributed by atoms with Crippen LogP contribution in [0, 0.1) is 11.6 Å². The van der Waals surface area contributed by atoms with Gasteiger partial charge in [0.15, 0.2) is 0 Å². The fourth-order valence-corrected chi connectivity index (χ4v) is 2.91. The summed E-state index contributed by atoms with van der Waals surface area (Å²) in [4.78, 5) is 12.2. The summed E-state index contributed by atoms with van der Waals surface area (Å²) in [5.41, 5.74) is -1.53. The van der Waals surface area contributed by atoms with Gasteiger partial charge in [-0.2, -0.15) is 13.2 Å². The van der Waals surface area contributed by atoms with Gasteiger partial charge >= 0.3 is 12.3 Å². The van der Waals surface area contributed by atoms with E-state index in [-0.39, 0.29) is 18.7 Å². The molecule has 176 valence electrons. The molecule has 3 N–H and O–H groups in total. The molecule has 0 aliphatic carbocycles. The van der Waals surface area contributed by atoms with Gasteiger partial charge in [-0.15, -0.1) is 0 Å². The van der Waals surface area contributed by atoms with Crippen molar-refractivity contribution in [3.63, 3.8) is 0 Å². The van der Waals surface area contributed by atoms with Gasteiger partial charge in [-0.3, -0.25) is 0 Å². The lowest BCUT2D eigenvalue weighted by atomic mass is 10.0. The van der Waals surface area contributed by atoms with Crippen LogP contribution in [0.25, 0.3) is 0 Å². The summed E-state index contributed by atoms with van der Waals surface area (Å²) in [6.45, 7) is 4.62. The molecule has 2 rings (SSSR count). The average molecular weight is 460 g/mol. The van der Waals surface area contributed by atoms with Crippen molar-refractivity contribution in [3.05, 3.63) is 70.8 Å². The summed E-state index contributed by atoms with van der Waals surface area (Å²) in [6, 6.07) is 6.02. The molecule has 0 aliphatic rings. The molecule has 1 amide bonds. The monoisotopic (exact) mass is 460 g/mol. The molecular formula is C22H25F5N2O3. The molecule has 0 fully saturated rings. The third-order valence-electron chi connectivity index (χ3n) is 4.29. The van der Waals surface area contributed by atoms with E-state index in [1.165, 1.54) is 12.1 Å². The molecule has 0 aliphatic heterocycles. The normalized spacial score (nSPS) is 14.0. The molecule has 0 spiro atoms. The number of alkyl halides is 3. The summed E-state index contributed by atoms with van der Waals surface area (Å²) in [5.74, 6) is -1.82. The Bertz CT molecular complexity index is 929. The van der Waals surface area contributed by atoms with E-state index in [0.29, 0.717) is 11.6 Å². The molecule has 0 aromatic heterocycles. The third kappa shape index (κ3) is 7.76. The highest BCUT2D eigenvalue weighted by molar-refractivity contribution is 5.68. The van der Waals surface area contributed by atoms with Gasteiger partial charge in [-0.05, 0) is 38.5 Å². The Hall–Kier alpha value is -2.72. The number of rotatable bonds is 7. The van der Waals surface area contributed by atoms with Crippen molar-refractivity contribution >= 4 is 6.09 Å². The van der Waals surface area contributed by atoms with Crippen LogP contribution in [0.3, 0.4) is 0 Å². The highest BCUT2D eigenvalue weighted by Gasteiger charge is 2.31. The number of amides is 1. The number of alkyl carbamates (subject to hydrolysis) is 1. The van der Waals surface area contributed by atoms with Crippen molar-refractivity contribution < 1.29 is 36.6 Å². The zero-order valence-corrected chi connectivity index (χ0v) is 17.8. The largest absolute Gasteiger partial charge is 0.444 e. The van der Waals surface area contributed by atoms with Gasteiger partial charge in [0.1, 0.15) is 17.2 Å². The summed E-state index contributed by atoms with van der Waals surface area (Å²) in [6.07, 6.45) is -6.82. The van der Waals surface area contributed by atoms with Gasteiger partial charge in [-0.25, -0.2) is 13.6 Å². The average Bonchev–Trinajstić information content (AvgIpc) is 2.64. The van der Waals surface area contributed by atoms with E-state index in [0.717, 1.165) is 24.3 Å². The van der Waals surface area contributed by atoms with Crippen molar-refractivity contribution in [2.45, 2.75) is 51.2 Å². The lowest BCUT2D eigenvalue weighted by molar-refractivity contribution is -0.137. The van der Waals surface area contributed by atoms with Gasteiger partial charge in [-0.1, -0.05) is 24.3 Å². The fourth-order valence-electron chi connectivity index (χ4n) is 2.91. The zero-order chi connectivity index (χ0) is 24.1. The number of halogens is 5. The summed E-state index contributed by atoms with van der Waals surface area (Å²) >= 11 is 0. The first-order valence-electron chi connectivity index (χ1n) is 9.75. The van der Waals surface area contributed by atoms with E-state index in [1.807, 2.05) is 0 Å². The van der Waals surface area contributed by atoms with E-state index in [4.69, 9.17) is 4.74 Å². The number of aliphatic hydroxyl groups excluding tert-OH is 1. The number of hydrogen-bond acceptors (Lipinski definition) is 4. The van der Waals surface area contributed by atoms with Gasteiger partial charge < -0.3 is 20.5 Å². The highest BCUT2D eigenvalue weighted by Crippen LogP contribution is 2.29. The standard InChI is InChI=1S/C22H25F5N2O3/c1-21(2,3)32-20(31)29-19(16-8-7-15(23)10-17(16)24)18(30)12-28-11-13-5-4-6-14(9-13)22(25,26)27/h4-10,18-19,28,30H,11-12H2,1-3H3,(H,29,31)/t18-,19+/m1/s1. The highest BCUT2D eigenvalue weighted by atomic mass is 19.4. The number of carbonyl (C=O) groups is 1. The van der Waals surface area contributed by atoms with E-state index >= 15 is 0 Å². The van der Waals surface area contributed by atoms with Crippen molar-refractivity contribution in [3.8, 4) is 0 Å². The molecule has 0 heterocycles. The molecule has 0 radical (unpaired) electrons. The minimum Gasteiger partial charge on any atom is -0.444 e. The molecule has 2 atom stereocenters. The molecule has 32 heavy (non-hydrogen) atoms. The number of aliphatic hydroxyl groups is 1. The van der Waals surface area contributed by atoms with E-state index < -0.39 is 47.2 Å². The molecule has 0 saturated heterocycles. The quantitative estimate of drug-likeness (QED) is 0.524. The van der Waals surface area contributed by atoms with Gasteiger partial charge in [0.2, 0.25) is 0 Å². The molecule has 10 heteroatoms. The van der Waals surface area contributed by atoms with Crippen LogP contribution in [0.2, 0.25) is 0 Å². The van der Waals surface area contributed by atoms with Crippen LogP contribution < -0.4 is 10.6 Å². The van der Waals surface area contributed by atoms with Crippen molar-refractivity contribution in [1.82, 2.24) is 10.6 Å². The third-order valence-corrected chi connectivity index (χ3v) is 4.29. The molecular weight excluding hydrogens is 435 g/mol. The van der Waals surface area contributed by atoms with Gasteiger partial charge in [0, 0.05) is 24.7 Å². The SMILES string of the molecule is CC(C)(C)OC(=O)N[C@@H](c1ccc(F)cc1F)[C@H](O)CNCc1cccc(C(F)(F)F)c1. The predicted molar refractivity (Wildman–Crippen MR) is 108 cm³/mol. The second-order valence-electron chi connectivity index (χ2n) is 8.19. The molecule has 0 unspecified atom stereocenters. The number of benzene rings is 2. The van der Waals surface area contributed by atoms with Crippen LogP contribution in [0.15, 0.2) is 42.5 Å². The fraction of sp³-hybridized carbons (Fsp3) is 0.409. The minimum absolute atomic E-state index is 0.0218. The summed E-state index contributed by atoms with van der Waals surface area (Å²) < 4.78 is 71.3. The first-order chi connectivity index (χ1) is 14.8. The molecule has 0 bridgehead atoms. The maximum absolute atomic E-state index is 14.3. The minimum atomic E-state index is -4.49. The second-order valence-corrected chi connectivity index (χ2v) is 8.19. The smallest absolute Gasteiger partial charge is 0.416 e. The summed E-state index contributed by atoms with van der Waals surface area (Å²) in [7, 11) is 0. The van der Waals surface area contributed by atoms with Crippen LogP contribution in [0.1, 0.15) is 43.5 Å². The Morgan fingerprint density at radius 1 is 1.09 bits per heavy atom. The number of ether oxygens (including phenoxy) is 1. The Morgan fingerprint density at radius 2 is 1.78 bits per heavy atom. The molecule has 5 nitrogen and oxygen atoms in total. The van der Waals surface area contributed by atoms with Crippen molar-refractivity contribution in [2.75, 3.05) is 6.54 Å². The van der Waals surface area contributed by atoms with Crippen LogP contribution in [0.4, 0.5) is 26.7 Å². The molecule has 2 aromatic carbocycles. The van der Waals surface area contributed by atoms with Crippen LogP contribution >= 0.6 is 0 Å². The predicted octanol–water partition coefficient (Wildman–Crippen LogP) is 4.70. The Kier molecular flexibility index (Phi) is 8.19. The maximum atomic E-state index is 14.3. The Labute approximate surface area is 182 Å². The first kappa shape index (κ1) is 25.5. The number of carbonyl (C=O) groups excluding carboxylic acids is 1. The lowest BCUT2D eigenvalue weighted by Gasteiger charge is -2.27. The van der Waals surface area contributed by atoms with E-state index in [2.05, 4.69) is 10.6 Å². The van der Waals surface area contributed by atoms with Gasteiger partial charge in [0.05, 0.1) is 17.7 Å². The first-order valence-corrected chi connectivity index (χ1v) is 9.75. The molecule has 2 aromatic rings. The van der Waals surface area contributed by atoms with E-state index in [9.17, 15) is 31.9 Å². The van der Waals surface area contributed by atoms with Crippen molar-refractivity contribution in [2.24, 2.45) is 0 Å². The zero-order valence-electron chi connectivity index (χ0n) is 17.8. The lowest BCUT2D eigenvalue weighted by Crippen LogP contribution is -2.43. The number of hydrogen-bond donors (Lipinski definition) is 3. The maximum Gasteiger partial charge on any atom is 0.416 e. The van der Waals surface area contributed by atoms with Crippen LogP contribution in [-0.4, -0.2) is 29.4 Å². The topological polar surface area (TPSA) is 70.6 Å². The van der Waals surface area contributed by atoms with E-state index in [1.54, 1.807) is 20.8 Å². The summed E-state index contributed by atoms with van der Waals surface area (Å²) in [5, 5.41) is 15.7. The second kappa shape index (κ2) is 10.3. The Balaban J connectivity index is 2.12.